The monoisotopic (exact) mass is 454 g/mol. The van der Waals surface area contributed by atoms with E-state index in [1.54, 1.807) is 15.9 Å². The van der Waals surface area contributed by atoms with Gasteiger partial charge in [0.05, 0.1) is 11.3 Å². The molecule has 4 rings (SSSR count). The lowest BCUT2D eigenvalue weighted by Crippen LogP contribution is -2.62. The van der Waals surface area contributed by atoms with Crippen LogP contribution in [-0.2, 0) is 9.59 Å². The number of nitrogens with one attached hydrogen (secondary N) is 1. The van der Waals surface area contributed by atoms with Crippen molar-refractivity contribution in [3.8, 4) is 0 Å². The Kier molecular flexibility index (Phi) is 7.37. The summed E-state index contributed by atoms with van der Waals surface area (Å²) >= 11 is 0. The van der Waals surface area contributed by atoms with Crippen molar-refractivity contribution in [1.82, 2.24) is 15.1 Å². The average molecular weight is 455 g/mol. The van der Waals surface area contributed by atoms with Gasteiger partial charge in [-0.2, -0.15) is 0 Å². The highest BCUT2D eigenvalue weighted by Crippen LogP contribution is 2.44. The summed E-state index contributed by atoms with van der Waals surface area (Å²) in [5.74, 6) is 0.0354. The third kappa shape index (κ3) is 4.93. The zero-order valence-electron chi connectivity index (χ0n) is 20.1. The number of para-hydroxylation sites is 1. The van der Waals surface area contributed by atoms with Gasteiger partial charge in [-0.15, -0.1) is 0 Å². The Morgan fingerprint density at radius 2 is 1.91 bits per heavy atom. The van der Waals surface area contributed by atoms with Gasteiger partial charge in [0.1, 0.15) is 5.66 Å². The van der Waals surface area contributed by atoms with Crippen LogP contribution in [0.4, 0.5) is 5.69 Å². The number of benzene rings is 1. The summed E-state index contributed by atoms with van der Waals surface area (Å²) < 4.78 is 0. The highest BCUT2D eigenvalue weighted by molar-refractivity contribution is 6.10. The van der Waals surface area contributed by atoms with Gasteiger partial charge < -0.3 is 15.1 Å². The first-order valence-corrected chi connectivity index (χ1v) is 12.6. The molecule has 0 aromatic heterocycles. The van der Waals surface area contributed by atoms with Gasteiger partial charge in [-0.1, -0.05) is 31.4 Å². The van der Waals surface area contributed by atoms with E-state index in [9.17, 15) is 14.4 Å². The maximum atomic E-state index is 13.2. The molecule has 0 radical (unpaired) electrons. The normalized spacial score (nSPS) is 23.1. The summed E-state index contributed by atoms with van der Waals surface area (Å²) in [6.07, 6.45) is 9.60. The summed E-state index contributed by atoms with van der Waals surface area (Å²) in [5.41, 5.74) is 0.624. The molecule has 2 aliphatic heterocycles. The van der Waals surface area contributed by atoms with Crippen LogP contribution in [0.15, 0.2) is 24.3 Å². The van der Waals surface area contributed by atoms with Crippen molar-refractivity contribution in [2.24, 2.45) is 0 Å². The second-order valence-electron chi connectivity index (χ2n) is 10.00. The second kappa shape index (κ2) is 10.2. The smallest absolute Gasteiger partial charge is 0.257 e. The number of hydrogen-bond acceptors (Lipinski definition) is 4. The molecule has 1 N–H and O–H groups in total. The molecule has 3 aliphatic rings. The molecular formula is C26H38N4O3. The van der Waals surface area contributed by atoms with E-state index in [0.717, 1.165) is 13.0 Å². The van der Waals surface area contributed by atoms with Crippen LogP contribution in [0, 0.1) is 0 Å². The highest BCUT2D eigenvalue weighted by Gasteiger charge is 2.52. The van der Waals surface area contributed by atoms with Crippen molar-refractivity contribution in [3.63, 3.8) is 0 Å². The Balaban J connectivity index is 1.24. The number of amides is 3. The molecular weight excluding hydrogens is 416 g/mol. The van der Waals surface area contributed by atoms with Gasteiger partial charge in [0.2, 0.25) is 11.8 Å². The predicted molar refractivity (Wildman–Crippen MR) is 129 cm³/mol. The number of carbonyl (C=O) groups is 3. The van der Waals surface area contributed by atoms with Crippen LogP contribution in [-0.4, -0.2) is 65.9 Å². The van der Waals surface area contributed by atoms with Crippen molar-refractivity contribution in [2.45, 2.75) is 82.8 Å². The van der Waals surface area contributed by atoms with Crippen LogP contribution >= 0.6 is 0 Å². The molecule has 2 fully saturated rings. The Bertz CT molecular complexity index is 882. The zero-order chi connectivity index (χ0) is 23.4. The molecule has 0 bridgehead atoms. The molecule has 33 heavy (non-hydrogen) atoms. The largest absolute Gasteiger partial charge is 0.356 e. The van der Waals surface area contributed by atoms with Gasteiger partial charge in [0.15, 0.2) is 0 Å². The van der Waals surface area contributed by atoms with E-state index >= 15 is 0 Å². The van der Waals surface area contributed by atoms with Crippen LogP contribution in [0.2, 0.25) is 0 Å². The number of fused-ring (bicyclic) bond motifs is 3. The van der Waals surface area contributed by atoms with Crippen LogP contribution in [0.1, 0.15) is 81.5 Å². The Labute approximate surface area is 197 Å². The molecule has 0 spiro atoms. The molecule has 7 nitrogen and oxygen atoms in total. The standard InChI is InChI=1S/C26H38N4O3/c1-26-16-15-24(32)30(26)22-13-7-6-12-21(22)25(33)29(26)19-8-14-23(31)27-17-9-18-28(2)20-10-4-3-5-11-20/h6-7,12-13,20H,3-5,8-11,14-19H2,1-2H3,(H,27,31). The number of nitrogens with zero attached hydrogens (tertiary/aromatic N) is 3. The fourth-order valence-electron chi connectivity index (χ4n) is 5.79. The van der Waals surface area contributed by atoms with Crippen LogP contribution in [0.3, 0.4) is 0 Å². The van der Waals surface area contributed by atoms with Crippen LogP contribution in [0.25, 0.3) is 0 Å². The molecule has 1 saturated heterocycles. The lowest BCUT2D eigenvalue weighted by Gasteiger charge is -2.48. The predicted octanol–water partition coefficient (Wildman–Crippen LogP) is 3.54. The second-order valence-corrected chi connectivity index (χ2v) is 10.00. The first kappa shape index (κ1) is 23.7. The maximum Gasteiger partial charge on any atom is 0.257 e. The topological polar surface area (TPSA) is 73.0 Å². The molecule has 1 unspecified atom stereocenters. The summed E-state index contributed by atoms with van der Waals surface area (Å²) in [4.78, 5) is 44.3. The third-order valence-electron chi connectivity index (χ3n) is 7.74. The average Bonchev–Trinajstić information content (AvgIpc) is 3.14. The summed E-state index contributed by atoms with van der Waals surface area (Å²) in [6.45, 7) is 4.13. The van der Waals surface area contributed by atoms with Gasteiger partial charge in [-0.25, -0.2) is 0 Å². The SMILES string of the molecule is CN(CCCNC(=O)CCCN1C(=O)c2ccccc2N2C(=O)CCC12C)C1CCCCC1. The van der Waals surface area contributed by atoms with Crippen molar-refractivity contribution >= 4 is 23.4 Å². The Morgan fingerprint density at radius 1 is 1.15 bits per heavy atom. The molecule has 1 atom stereocenters. The van der Waals surface area contributed by atoms with E-state index in [2.05, 4.69) is 17.3 Å². The fourth-order valence-corrected chi connectivity index (χ4v) is 5.79. The van der Waals surface area contributed by atoms with Gasteiger partial charge >= 0.3 is 0 Å². The molecule has 1 saturated carbocycles. The van der Waals surface area contributed by atoms with E-state index in [1.807, 2.05) is 25.1 Å². The van der Waals surface area contributed by atoms with Crippen LogP contribution in [0.5, 0.6) is 0 Å². The summed E-state index contributed by atoms with van der Waals surface area (Å²) in [7, 11) is 2.20. The molecule has 1 aromatic carbocycles. The molecule has 2 heterocycles. The first-order valence-electron chi connectivity index (χ1n) is 12.6. The molecule has 7 heteroatoms. The molecule has 1 aromatic rings. The maximum absolute atomic E-state index is 13.2. The minimum Gasteiger partial charge on any atom is -0.356 e. The number of carbonyl (C=O) groups excluding carboxylic acids is 3. The molecule has 180 valence electrons. The van der Waals surface area contributed by atoms with Crippen molar-refractivity contribution < 1.29 is 14.4 Å². The van der Waals surface area contributed by atoms with E-state index in [-0.39, 0.29) is 17.7 Å². The quantitative estimate of drug-likeness (QED) is 0.580. The minimum absolute atomic E-state index is 0.0321. The molecule has 3 amide bonds. The van der Waals surface area contributed by atoms with E-state index in [1.165, 1.54) is 32.1 Å². The highest BCUT2D eigenvalue weighted by atomic mass is 16.2. The van der Waals surface area contributed by atoms with Crippen molar-refractivity contribution in [2.75, 3.05) is 31.6 Å². The van der Waals surface area contributed by atoms with E-state index in [0.29, 0.717) is 56.1 Å². The summed E-state index contributed by atoms with van der Waals surface area (Å²) in [5, 5.41) is 3.03. The van der Waals surface area contributed by atoms with Crippen LogP contribution < -0.4 is 10.2 Å². The number of rotatable bonds is 9. The number of hydrogen-bond donors (Lipinski definition) is 1. The summed E-state index contributed by atoms with van der Waals surface area (Å²) in [6, 6.07) is 8.03. The van der Waals surface area contributed by atoms with Gasteiger partial charge in [-0.05, 0) is 64.8 Å². The zero-order valence-corrected chi connectivity index (χ0v) is 20.1. The lowest BCUT2D eigenvalue weighted by molar-refractivity contribution is -0.121. The number of anilines is 1. The Morgan fingerprint density at radius 3 is 2.70 bits per heavy atom. The van der Waals surface area contributed by atoms with E-state index < -0.39 is 5.66 Å². The minimum atomic E-state index is -0.650. The first-order chi connectivity index (χ1) is 15.9. The third-order valence-corrected chi connectivity index (χ3v) is 7.74. The van der Waals surface area contributed by atoms with Gasteiger partial charge in [-0.3, -0.25) is 19.3 Å². The molecule has 1 aliphatic carbocycles. The fraction of sp³-hybridized carbons (Fsp3) is 0.654. The van der Waals surface area contributed by atoms with E-state index in [4.69, 9.17) is 0 Å². The van der Waals surface area contributed by atoms with Crippen molar-refractivity contribution in [1.29, 1.82) is 0 Å². The Hall–Kier alpha value is -2.41. The van der Waals surface area contributed by atoms with Gasteiger partial charge in [0.25, 0.3) is 5.91 Å². The lowest BCUT2D eigenvalue weighted by atomic mass is 9.94. The van der Waals surface area contributed by atoms with Gasteiger partial charge in [0, 0.05) is 32.0 Å². The van der Waals surface area contributed by atoms with Crippen molar-refractivity contribution in [3.05, 3.63) is 29.8 Å².